The summed E-state index contributed by atoms with van der Waals surface area (Å²) in [4.78, 5) is 21.6. The number of hydrogen-bond acceptors (Lipinski definition) is 4. The molecular weight excluding hydrogens is 346 g/mol. The van der Waals surface area contributed by atoms with Gasteiger partial charge in [0.2, 0.25) is 0 Å². The molecule has 6 nitrogen and oxygen atoms in total. The van der Waals surface area contributed by atoms with Crippen molar-refractivity contribution in [2.45, 2.75) is 19.1 Å². The van der Waals surface area contributed by atoms with Crippen molar-refractivity contribution in [3.05, 3.63) is 78.4 Å². The number of carbonyl (C=O) groups is 2. The first kappa shape index (κ1) is 20.2. The molecule has 0 saturated carbocycles. The molecule has 1 unspecified atom stereocenters. The number of carboxylic acids is 2. The quantitative estimate of drug-likeness (QED) is 0.761. The summed E-state index contributed by atoms with van der Waals surface area (Å²) >= 11 is 0. The summed E-state index contributed by atoms with van der Waals surface area (Å²) in [7, 11) is 0. The molecule has 27 heavy (non-hydrogen) atoms. The van der Waals surface area contributed by atoms with Crippen LogP contribution >= 0.6 is 0 Å². The van der Waals surface area contributed by atoms with Crippen LogP contribution in [0.5, 0.6) is 5.75 Å². The summed E-state index contributed by atoms with van der Waals surface area (Å²) in [6.45, 7) is 3.16. The Bertz CT molecular complexity index is 682. The molecule has 1 aliphatic rings. The summed E-state index contributed by atoms with van der Waals surface area (Å²) in [5.74, 6) is -1.53. The van der Waals surface area contributed by atoms with Crippen LogP contribution in [0.3, 0.4) is 0 Å². The summed E-state index contributed by atoms with van der Waals surface area (Å²) in [6, 6.07) is 20.7. The Morgan fingerprint density at radius 3 is 2.07 bits per heavy atom. The summed E-state index contributed by atoms with van der Waals surface area (Å²) < 4.78 is 6.00. The average Bonchev–Trinajstić information content (AvgIpc) is 3.09. The predicted octanol–water partition coefficient (Wildman–Crippen LogP) is 3.05. The monoisotopic (exact) mass is 369 g/mol. The van der Waals surface area contributed by atoms with E-state index in [1.54, 1.807) is 0 Å². The van der Waals surface area contributed by atoms with Crippen LogP contribution < -0.4 is 4.74 Å². The lowest BCUT2D eigenvalue weighted by Crippen LogP contribution is -2.24. The third-order valence-electron chi connectivity index (χ3n) is 3.89. The number of aliphatic carboxylic acids is 2. The second kappa shape index (κ2) is 10.8. The summed E-state index contributed by atoms with van der Waals surface area (Å²) in [5, 5.41) is 15.6. The van der Waals surface area contributed by atoms with Crippen molar-refractivity contribution in [3.8, 4) is 5.75 Å². The zero-order valence-corrected chi connectivity index (χ0v) is 14.9. The molecule has 6 heteroatoms. The number of hydrogen-bond donors (Lipinski definition) is 2. The standard InChI is InChI=1S/C17H19NO.C4H4O4/c1-3-7-15(8-4-1)13-18-12-11-17(14-18)19-16-9-5-2-6-10-16;5-3(6)1-2-4(7)8/h1-10,17H,11-14H2;1-2H,(H,5,6)(H,7,8). The van der Waals surface area contributed by atoms with Gasteiger partial charge in [0.15, 0.2) is 0 Å². The van der Waals surface area contributed by atoms with Gasteiger partial charge in [-0.2, -0.15) is 0 Å². The van der Waals surface area contributed by atoms with E-state index in [2.05, 4.69) is 35.2 Å². The molecule has 0 radical (unpaired) electrons. The predicted molar refractivity (Wildman–Crippen MR) is 102 cm³/mol. The molecule has 2 aromatic rings. The van der Waals surface area contributed by atoms with Gasteiger partial charge in [0, 0.05) is 31.8 Å². The van der Waals surface area contributed by atoms with Crippen molar-refractivity contribution >= 4 is 11.9 Å². The number of carboxylic acid groups (broad SMARTS) is 2. The topological polar surface area (TPSA) is 87.1 Å². The van der Waals surface area contributed by atoms with Gasteiger partial charge in [-0.1, -0.05) is 48.5 Å². The fourth-order valence-corrected chi connectivity index (χ4v) is 2.71. The first-order valence-corrected chi connectivity index (χ1v) is 8.65. The van der Waals surface area contributed by atoms with E-state index in [-0.39, 0.29) is 0 Å². The van der Waals surface area contributed by atoms with E-state index in [1.807, 2.05) is 30.3 Å². The van der Waals surface area contributed by atoms with Crippen molar-refractivity contribution in [2.75, 3.05) is 13.1 Å². The SMILES string of the molecule is O=C(O)C=CC(=O)O.c1ccc(CN2CCC(Oc3ccccc3)C2)cc1. The zero-order valence-electron chi connectivity index (χ0n) is 14.9. The highest BCUT2D eigenvalue weighted by molar-refractivity contribution is 5.89. The third kappa shape index (κ3) is 8.20. The molecule has 2 N–H and O–H groups in total. The van der Waals surface area contributed by atoms with Crippen molar-refractivity contribution in [3.63, 3.8) is 0 Å². The van der Waals surface area contributed by atoms with Gasteiger partial charge in [-0.05, 0) is 24.1 Å². The fraction of sp³-hybridized carbons (Fsp3) is 0.238. The van der Waals surface area contributed by atoms with Gasteiger partial charge in [-0.3, -0.25) is 4.90 Å². The van der Waals surface area contributed by atoms with Gasteiger partial charge in [0.25, 0.3) is 0 Å². The minimum Gasteiger partial charge on any atom is -0.489 e. The minimum atomic E-state index is -1.26. The first-order valence-electron chi connectivity index (χ1n) is 8.65. The van der Waals surface area contributed by atoms with Crippen molar-refractivity contribution in [1.82, 2.24) is 4.90 Å². The third-order valence-corrected chi connectivity index (χ3v) is 3.89. The number of ether oxygens (including phenoxy) is 1. The van der Waals surface area contributed by atoms with Crippen molar-refractivity contribution < 1.29 is 24.5 Å². The van der Waals surface area contributed by atoms with Crippen molar-refractivity contribution in [2.24, 2.45) is 0 Å². The van der Waals surface area contributed by atoms with Gasteiger partial charge >= 0.3 is 11.9 Å². The number of likely N-dealkylation sites (tertiary alicyclic amines) is 1. The van der Waals surface area contributed by atoms with E-state index in [9.17, 15) is 9.59 Å². The lowest BCUT2D eigenvalue weighted by Gasteiger charge is -2.17. The Kier molecular flexibility index (Phi) is 8.06. The summed E-state index contributed by atoms with van der Waals surface area (Å²) in [5.41, 5.74) is 1.38. The normalized spacial score (nSPS) is 16.5. The highest BCUT2D eigenvalue weighted by atomic mass is 16.5. The summed E-state index contributed by atoms with van der Waals surface area (Å²) in [6.07, 6.45) is 2.55. The highest BCUT2D eigenvalue weighted by Gasteiger charge is 2.23. The van der Waals surface area contributed by atoms with Gasteiger partial charge in [0.05, 0.1) is 0 Å². The maximum atomic E-state index is 9.55. The Morgan fingerprint density at radius 2 is 1.52 bits per heavy atom. The van der Waals surface area contributed by atoms with E-state index in [1.165, 1.54) is 5.56 Å². The second-order valence-electron chi connectivity index (χ2n) is 6.07. The molecule has 2 aromatic carbocycles. The van der Waals surface area contributed by atoms with E-state index in [0.717, 1.165) is 31.8 Å². The van der Waals surface area contributed by atoms with Crippen LogP contribution in [0.1, 0.15) is 12.0 Å². The lowest BCUT2D eigenvalue weighted by molar-refractivity contribution is -0.134. The number of benzene rings is 2. The molecule has 0 amide bonds. The van der Waals surface area contributed by atoms with Gasteiger partial charge < -0.3 is 14.9 Å². The molecule has 1 fully saturated rings. The Hall–Kier alpha value is -3.12. The van der Waals surface area contributed by atoms with Gasteiger partial charge in [-0.25, -0.2) is 9.59 Å². The smallest absolute Gasteiger partial charge is 0.328 e. The Balaban J connectivity index is 0.000000279. The zero-order chi connectivity index (χ0) is 19.5. The van der Waals surface area contributed by atoms with Crippen LogP contribution in [0.4, 0.5) is 0 Å². The fourth-order valence-electron chi connectivity index (χ4n) is 2.71. The van der Waals surface area contributed by atoms with Crippen LogP contribution in [-0.2, 0) is 16.1 Å². The van der Waals surface area contributed by atoms with Crippen LogP contribution in [0.25, 0.3) is 0 Å². The van der Waals surface area contributed by atoms with Crippen LogP contribution in [-0.4, -0.2) is 46.2 Å². The van der Waals surface area contributed by atoms with Gasteiger partial charge in [0.1, 0.15) is 11.9 Å². The molecule has 1 saturated heterocycles. The van der Waals surface area contributed by atoms with Gasteiger partial charge in [-0.15, -0.1) is 0 Å². The molecule has 3 rings (SSSR count). The van der Waals surface area contributed by atoms with E-state index < -0.39 is 11.9 Å². The molecule has 1 heterocycles. The molecular formula is C21H23NO5. The molecule has 0 aliphatic carbocycles. The maximum absolute atomic E-state index is 9.55. The largest absolute Gasteiger partial charge is 0.489 e. The van der Waals surface area contributed by atoms with E-state index in [0.29, 0.717) is 18.3 Å². The first-order chi connectivity index (χ1) is 13.0. The Labute approximate surface area is 158 Å². The van der Waals surface area contributed by atoms with Crippen LogP contribution in [0.15, 0.2) is 72.8 Å². The van der Waals surface area contributed by atoms with E-state index in [4.69, 9.17) is 14.9 Å². The molecule has 0 aromatic heterocycles. The number of nitrogens with zero attached hydrogens (tertiary/aromatic N) is 1. The maximum Gasteiger partial charge on any atom is 0.328 e. The molecule has 142 valence electrons. The molecule has 0 spiro atoms. The van der Waals surface area contributed by atoms with Crippen molar-refractivity contribution in [1.29, 1.82) is 0 Å². The second-order valence-corrected chi connectivity index (χ2v) is 6.07. The van der Waals surface area contributed by atoms with E-state index >= 15 is 0 Å². The Morgan fingerprint density at radius 1 is 0.963 bits per heavy atom. The van der Waals surface area contributed by atoms with Crippen LogP contribution in [0, 0.1) is 0 Å². The number of para-hydroxylation sites is 1. The highest BCUT2D eigenvalue weighted by Crippen LogP contribution is 2.19. The average molecular weight is 369 g/mol. The van der Waals surface area contributed by atoms with Crippen LogP contribution in [0.2, 0.25) is 0 Å². The minimum absolute atomic E-state index is 0.325. The molecule has 1 atom stereocenters. The lowest BCUT2D eigenvalue weighted by atomic mass is 10.2. The molecule has 1 aliphatic heterocycles. The number of rotatable bonds is 6. The molecule has 0 bridgehead atoms.